The van der Waals surface area contributed by atoms with Crippen molar-refractivity contribution < 1.29 is 0 Å². The number of benzene rings is 1. The average Bonchev–Trinajstić information content (AvgIpc) is 2.73. The van der Waals surface area contributed by atoms with E-state index >= 15 is 0 Å². The van der Waals surface area contributed by atoms with Crippen molar-refractivity contribution in [2.45, 2.75) is 33.1 Å². The Morgan fingerprint density at radius 1 is 1.21 bits per heavy atom. The molecule has 1 aromatic carbocycles. The van der Waals surface area contributed by atoms with Crippen molar-refractivity contribution in [1.82, 2.24) is 14.8 Å². The van der Waals surface area contributed by atoms with Gasteiger partial charge in [0.1, 0.15) is 5.82 Å². The van der Waals surface area contributed by atoms with Crippen LogP contribution in [-0.2, 0) is 19.9 Å². The standard InChI is InChI=1S/C15H22N4/c1-4-7-14-17-15(19(3)18-14)10-11-16-13-9-6-5-8-12(13)2/h5-6,8-9,16H,4,7,10-11H2,1-3H3. The van der Waals surface area contributed by atoms with E-state index in [0.717, 1.165) is 37.5 Å². The molecule has 0 aliphatic rings. The highest BCUT2D eigenvalue weighted by molar-refractivity contribution is 5.50. The third-order valence-electron chi connectivity index (χ3n) is 3.18. The fourth-order valence-electron chi connectivity index (χ4n) is 2.10. The molecule has 1 heterocycles. The van der Waals surface area contributed by atoms with Crippen molar-refractivity contribution >= 4 is 5.69 Å². The highest BCUT2D eigenvalue weighted by atomic mass is 15.3. The first-order valence-corrected chi connectivity index (χ1v) is 6.89. The number of hydrogen-bond acceptors (Lipinski definition) is 3. The number of hydrogen-bond donors (Lipinski definition) is 1. The van der Waals surface area contributed by atoms with E-state index in [1.807, 2.05) is 11.7 Å². The molecular formula is C15H22N4. The van der Waals surface area contributed by atoms with Crippen LogP contribution in [0.5, 0.6) is 0 Å². The van der Waals surface area contributed by atoms with Crippen LogP contribution in [0.1, 0.15) is 30.6 Å². The molecule has 2 aromatic rings. The largest absolute Gasteiger partial charge is 0.384 e. The van der Waals surface area contributed by atoms with Crippen LogP contribution in [0, 0.1) is 6.92 Å². The fourth-order valence-corrected chi connectivity index (χ4v) is 2.10. The molecule has 0 aliphatic carbocycles. The lowest BCUT2D eigenvalue weighted by Gasteiger charge is -2.08. The molecule has 0 spiro atoms. The molecule has 0 unspecified atom stereocenters. The normalized spacial score (nSPS) is 10.7. The highest BCUT2D eigenvalue weighted by Crippen LogP contribution is 2.12. The molecule has 0 radical (unpaired) electrons. The van der Waals surface area contributed by atoms with Crippen LogP contribution in [0.25, 0.3) is 0 Å². The molecule has 0 amide bonds. The summed E-state index contributed by atoms with van der Waals surface area (Å²) < 4.78 is 1.89. The van der Waals surface area contributed by atoms with Crippen LogP contribution in [0.3, 0.4) is 0 Å². The maximum atomic E-state index is 4.56. The van der Waals surface area contributed by atoms with Gasteiger partial charge < -0.3 is 5.32 Å². The lowest BCUT2D eigenvalue weighted by molar-refractivity contribution is 0.690. The second-order valence-corrected chi connectivity index (χ2v) is 4.81. The number of nitrogens with zero attached hydrogens (tertiary/aromatic N) is 3. The maximum absolute atomic E-state index is 4.56. The predicted octanol–water partition coefficient (Wildman–Crippen LogP) is 2.73. The number of anilines is 1. The molecule has 0 saturated carbocycles. The number of aromatic nitrogens is 3. The van der Waals surface area contributed by atoms with Gasteiger partial charge in [0.25, 0.3) is 0 Å². The summed E-state index contributed by atoms with van der Waals surface area (Å²) in [6.07, 6.45) is 2.94. The predicted molar refractivity (Wildman–Crippen MR) is 78.4 cm³/mol. The van der Waals surface area contributed by atoms with Crippen LogP contribution in [0.4, 0.5) is 5.69 Å². The van der Waals surface area contributed by atoms with Crippen LogP contribution in [-0.4, -0.2) is 21.3 Å². The molecule has 0 aliphatic heterocycles. The fraction of sp³-hybridized carbons (Fsp3) is 0.467. The Morgan fingerprint density at radius 3 is 2.74 bits per heavy atom. The van der Waals surface area contributed by atoms with Gasteiger partial charge in [0.2, 0.25) is 0 Å². The Bertz CT molecular complexity index is 531. The second kappa shape index (κ2) is 6.36. The SMILES string of the molecule is CCCc1nc(CCNc2ccccc2C)n(C)n1. The van der Waals surface area contributed by atoms with Crippen molar-refractivity contribution in [3.05, 3.63) is 41.5 Å². The molecule has 0 atom stereocenters. The molecule has 0 bridgehead atoms. The molecule has 2 rings (SSSR count). The molecular weight excluding hydrogens is 236 g/mol. The molecule has 4 heteroatoms. The average molecular weight is 258 g/mol. The minimum atomic E-state index is 0.878. The lowest BCUT2D eigenvalue weighted by Crippen LogP contribution is -2.09. The zero-order valence-corrected chi connectivity index (χ0v) is 12.0. The van der Waals surface area contributed by atoms with Crippen molar-refractivity contribution in [3.63, 3.8) is 0 Å². The van der Waals surface area contributed by atoms with E-state index in [1.165, 1.54) is 11.3 Å². The first-order chi connectivity index (χ1) is 9.20. The number of para-hydroxylation sites is 1. The summed E-state index contributed by atoms with van der Waals surface area (Å²) in [6, 6.07) is 8.33. The zero-order chi connectivity index (χ0) is 13.7. The third-order valence-corrected chi connectivity index (χ3v) is 3.18. The van der Waals surface area contributed by atoms with Crippen LogP contribution in [0.15, 0.2) is 24.3 Å². The van der Waals surface area contributed by atoms with Gasteiger partial charge in [0, 0.05) is 32.1 Å². The minimum Gasteiger partial charge on any atom is -0.384 e. The molecule has 1 aromatic heterocycles. The summed E-state index contributed by atoms with van der Waals surface area (Å²) in [5.41, 5.74) is 2.46. The molecule has 0 fully saturated rings. The quantitative estimate of drug-likeness (QED) is 0.866. The van der Waals surface area contributed by atoms with Gasteiger partial charge in [-0.05, 0) is 25.0 Å². The van der Waals surface area contributed by atoms with Crippen LogP contribution < -0.4 is 5.32 Å². The summed E-state index contributed by atoms with van der Waals surface area (Å²) in [6.45, 7) is 5.14. The number of aryl methyl sites for hydroxylation is 3. The smallest absolute Gasteiger partial charge is 0.150 e. The monoisotopic (exact) mass is 258 g/mol. The van der Waals surface area contributed by atoms with E-state index in [9.17, 15) is 0 Å². The summed E-state index contributed by atoms with van der Waals surface area (Å²) in [7, 11) is 1.97. The minimum absolute atomic E-state index is 0.878. The maximum Gasteiger partial charge on any atom is 0.150 e. The van der Waals surface area contributed by atoms with E-state index < -0.39 is 0 Å². The van der Waals surface area contributed by atoms with E-state index in [0.29, 0.717) is 0 Å². The second-order valence-electron chi connectivity index (χ2n) is 4.81. The van der Waals surface area contributed by atoms with Crippen molar-refractivity contribution in [1.29, 1.82) is 0 Å². The number of nitrogens with one attached hydrogen (secondary N) is 1. The van der Waals surface area contributed by atoms with Gasteiger partial charge in [0.15, 0.2) is 5.82 Å². The van der Waals surface area contributed by atoms with Gasteiger partial charge in [-0.15, -0.1) is 0 Å². The van der Waals surface area contributed by atoms with Crippen molar-refractivity contribution in [2.75, 3.05) is 11.9 Å². The third kappa shape index (κ3) is 3.56. The molecule has 19 heavy (non-hydrogen) atoms. The van der Waals surface area contributed by atoms with Crippen LogP contribution in [0.2, 0.25) is 0 Å². The number of rotatable bonds is 6. The summed E-state index contributed by atoms with van der Waals surface area (Å²) in [5.74, 6) is 2.00. The van der Waals surface area contributed by atoms with Gasteiger partial charge >= 0.3 is 0 Å². The van der Waals surface area contributed by atoms with E-state index in [1.54, 1.807) is 0 Å². The Morgan fingerprint density at radius 2 is 2.00 bits per heavy atom. The molecule has 4 nitrogen and oxygen atoms in total. The van der Waals surface area contributed by atoms with E-state index in [2.05, 4.69) is 53.5 Å². The van der Waals surface area contributed by atoms with E-state index in [4.69, 9.17) is 0 Å². The lowest BCUT2D eigenvalue weighted by atomic mass is 10.2. The Labute approximate surface area is 114 Å². The van der Waals surface area contributed by atoms with Crippen molar-refractivity contribution in [2.24, 2.45) is 7.05 Å². The summed E-state index contributed by atoms with van der Waals surface area (Å²) in [5, 5.41) is 7.87. The van der Waals surface area contributed by atoms with Gasteiger partial charge in [0.05, 0.1) is 0 Å². The van der Waals surface area contributed by atoms with Crippen molar-refractivity contribution in [3.8, 4) is 0 Å². The summed E-state index contributed by atoms with van der Waals surface area (Å²) in [4.78, 5) is 4.56. The first-order valence-electron chi connectivity index (χ1n) is 6.89. The van der Waals surface area contributed by atoms with Gasteiger partial charge in [-0.25, -0.2) is 4.98 Å². The Balaban J connectivity index is 1.90. The van der Waals surface area contributed by atoms with Gasteiger partial charge in [-0.2, -0.15) is 5.10 Å². The van der Waals surface area contributed by atoms with Gasteiger partial charge in [-0.1, -0.05) is 25.1 Å². The van der Waals surface area contributed by atoms with Crippen LogP contribution >= 0.6 is 0 Å². The molecule has 0 saturated heterocycles. The van der Waals surface area contributed by atoms with Gasteiger partial charge in [-0.3, -0.25) is 4.68 Å². The van der Waals surface area contributed by atoms with E-state index in [-0.39, 0.29) is 0 Å². The molecule has 1 N–H and O–H groups in total. The molecule has 102 valence electrons. The highest BCUT2D eigenvalue weighted by Gasteiger charge is 2.06. The Kier molecular flexibility index (Phi) is 4.55. The summed E-state index contributed by atoms with van der Waals surface area (Å²) >= 11 is 0. The first kappa shape index (κ1) is 13.6. The zero-order valence-electron chi connectivity index (χ0n) is 12.0. The topological polar surface area (TPSA) is 42.7 Å². The Hall–Kier alpha value is -1.84.